The number of carbonyl (C=O) groups is 2. The summed E-state index contributed by atoms with van der Waals surface area (Å²) in [5.41, 5.74) is 1.24. The highest BCUT2D eigenvalue weighted by Crippen LogP contribution is 2.30. The Labute approximate surface area is 155 Å². The molecular weight excluding hydrogens is 365 g/mol. The second kappa shape index (κ2) is 7.76. The first-order valence-corrected chi connectivity index (χ1v) is 8.43. The van der Waals surface area contributed by atoms with E-state index in [0.29, 0.717) is 22.2 Å². The van der Waals surface area contributed by atoms with Crippen molar-refractivity contribution in [3.05, 3.63) is 69.7 Å². The van der Waals surface area contributed by atoms with Gasteiger partial charge in [-0.1, -0.05) is 47.5 Å². The Hall–Kier alpha value is -2.24. The van der Waals surface area contributed by atoms with Gasteiger partial charge in [0.25, 0.3) is 0 Å². The number of esters is 1. The second-order valence-corrected chi connectivity index (χ2v) is 6.31. The molecule has 25 heavy (non-hydrogen) atoms. The minimum atomic E-state index is -0.452. The van der Waals surface area contributed by atoms with E-state index in [1.54, 1.807) is 42.5 Å². The van der Waals surface area contributed by atoms with Crippen LogP contribution in [0.15, 0.2) is 48.5 Å². The van der Waals surface area contributed by atoms with Crippen LogP contribution in [0.5, 0.6) is 0 Å². The molecule has 0 aliphatic carbocycles. The van der Waals surface area contributed by atoms with Crippen molar-refractivity contribution in [2.45, 2.75) is 6.10 Å². The zero-order valence-electron chi connectivity index (χ0n) is 13.2. The van der Waals surface area contributed by atoms with Crippen molar-refractivity contribution in [2.24, 2.45) is 0 Å². The predicted octanol–water partition coefficient (Wildman–Crippen LogP) is 4.34. The van der Waals surface area contributed by atoms with Crippen molar-refractivity contribution in [1.82, 2.24) is 4.90 Å². The fraction of sp³-hybridized carbons (Fsp3) is 0.222. The Kier molecular flexibility index (Phi) is 5.46. The molecule has 0 radical (unpaired) electrons. The van der Waals surface area contributed by atoms with Gasteiger partial charge in [-0.3, -0.25) is 0 Å². The third-order valence-corrected chi connectivity index (χ3v) is 4.55. The van der Waals surface area contributed by atoms with Gasteiger partial charge >= 0.3 is 12.1 Å². The van der Waals surface area contributed by atoms with Crippen molar-refractivity contribution in [1.29, 1.82) is 0 Å². The van der Waals surface area contributed by atoms with E-state index in [0.717, 1.165) is 5.56 Å². The standard InChI is InChI=1S/C18H15Cl2NO4/c19-14-7-6-13(10-15(14)20)16-11-21(18(23)25-16)8-9-24-17(22)12-4-2-1-3-5-12/h1-7,10,16H,8-9,11H2. The van der Waals surface area contributed by atoms with Crippen molar-refractivity contribution in [3.63, 3.8) is 0 Å². The van der Waals surface area contributed by atoms with Gasteiger partial charge < -0.3 is 14.4 Å². The van der Waals surface area contributed by atoms with E-state index in [-0.39, 0.29) is 13.2 Å². The minimum Gasteiger partial charge on any atom is -0.460 e. The molecule has 1 atom stereocenters. The lowest BCUT2D eigenvalue weighted by atomic mass is 10.1. The van der Waals surface area contributed by atoms with E-state index < -0.39 is 18.2 Å². The zero-order chi connectivity index (χ0) is 17.8. The normalized spacial score (nSPS) is 16.6. The Balaban J connectivity index is 1.53. The molecule has 0 saturated carbocycles. The van der Waals surface area contributed by atoms with Gasteiger partial charge in [0.1, 0.15) is 12.7 Å². The van der Waals surface area contributed by atoms with Crippen LogP contribution < -0.4 is 0 Å². The second-order valence-electron chi connectivity index (χ2n) is 5.49. The molecule has 0 N–H and O–H groups in total. The third-order valence-electron chi connectivity index (χ3n) is 3.81. The van der Waals surface area contributed by atoms with E-state index in [1.165, 1.54) is 4.90 Å². The summed E-state index contributed by atoms with van der Waals surface area (Å²) in [5.74, 6) is -0.422. The van der Waals surface area contributed by atoms with Gasteiger partial charge in [0, 0.05) is 0 Å². The fourth-order valence-electron chi connectivity index (χ4n) is 2.48. The number of hydrogen-bond acceptors (Lipinski definition) is 4. The topological polar surface area (TPSA) is 55.8 Å². The highest BCUT2D eigenvalue weighted by Gasteiger charge is 2.32. The molecule has 130 valence electrons. The van der Waals surface area contributed by atoms with Gasteiger partial charge in [0.2, 0.25) is 0 Å². The van der Waals surface area contributed by atoms with E-state index in [9.17, 15) is 9.59 Å². The average molecular weight is 380 g/mol. The van der Waals surface area contributed by atoms with E-state index in [1.807, 2.05) is 6.07 Å². The highest BCUT2D eigenvalue weighted by molar-refractivity contribution is 6.42. The summed E-state index contributed by atoms with van der Waals surface area (Å²) in [6.07, 6.45) is -0.876. The maximum Gasteiger partial charge on any atom is 0.410 e. The molecule has 0 bridgehead atoms. The number of cyclic esters (lactones) is 1. The van der Waals surface area contributed by atoms with Crippen LogP contribution in [-0.4, -0.2) is 36.7 Å². The average Bonchev–Trinajstić information content (AvgIpc) is 2.99. The van der Waals surface area contributed by atoms with Gasteiger partial charge in [-0.25, -0.2) is 9.59 Å². The Morgan fingerprint density at radius 3 is 2.64 bits per heavy atom. The first kappa shape index (κ1) is 17.6. The van der Waals surface area contributed by atoms with Crippen LogP contribution >= 0.6 is 23.2 Å². The molecule has 2 aromatic rings. The molecule has 1 heterocycles. The maximum absolute atomic E-state index is 12.0. The molecule has 1 aliphatic rings. The van der Waals surface area contributed by atoms with Gasteiger partial charge in [-0.05, 0) is 29.8 Å². The summed E-state index contributed by atoms with van der Waals surface area (Å²) in [7, 11) is 0. The zero-order valence-corrected chi connectivity index (χ0v) is 14.7. The van der Waals surface area contributed by atoms with Crippen LogP contribution in [0.1, 0.15) is 22.0 Å². The summed E-state index contributed by atoms with van der Waals surface area (Å²) in [6, 6.07) is 13.8. The lowest BCUT2D eigenvalue weighted by Crippen LogP contribution is -2.29. The number of benzene rings is 2. The molecule has 1 amide bonds. The summed E-state index contributed by atoms with van der Waals surface area (Å²) >= 11 is 11.9. The van der Waals surface area contributed by atoms with Crippen molar-refractivity contribution in [2.75, 3.05) is 19.7 Å². The molecule has 2 aromatic carbocycles. The van der Waals surface area contributed by atoms with Gasteiger partial charge in [-0.2, -0.15) is 0 Å². The van der Waals surface area contributed by atoms with Crippen LogP contribution in [0.3, 0.4) is 0 Å². The SMILES string of the molecule is O=C(OCCN1CC(c2ccc(Cl)c(Cl)c2)OC1=O)c1ccccc1. The molecule has 0 spiro atoms. The third kappa shape index (κ3) is 4.24. The van der Waals surface area contributed by atoms with Crippen LogP contribution in [0, 0.1) is 0 Å². The number of ether oxygens (including phenoxy) is 2. The van der Waals surface area contributed by atoms with Gasteiger partial charge in [0.15, 0.2) is 0 Å². The molecule has 1 aliphatic heterocycles. The number of hydrogen-bond donors (Lipinski definition) is 0. The molecule has 7 heteroatoms. The fourth-order valence-corrected chi connectivity index (χ4v) is 2.79. The smallest absolute Gasteiger partial charge is 0.410 e. The van der Waals surface area contributed by atoms with Crippen LogP contribution in [0.4, 0.5) is 4.79 Å². The van der Waals surface area contributed by atoms with Crippen LogP contribution in [0.25, 0.3) is 0 Å². The van der Waals surface area contributed by atoms with Gasteiger partial charge in [0.05, 0.1) is 28.7 Å². The highest BCUT2D eigenvalue weighted by atomic mass is 35.5. The van der Waals surface area contributed by atoms with Crippen molar-refractivity contribution >= 4 is 35.3 Å². The molecule has 1 saturated heterocycles. The lowest BCUT2D eigenvalue weighted by Gasteiger charge is -2.13. The maximum atomic E-state index is 12.0. The summed E-state index contributed by atoms with van der Waals surface area (Å²) in [6.45, 7) is 0.714. The largest absolute Gasteiger partial charge is 0.460 e. The quantitative estimate of drug-likeness (QED) is 0.724. The Morgan fingerprint density at radius 2 is 1.92 bits per heavy atom. The molecule has 3 rings (SSSR count). The number of rotatable bonds is 5. The van der Waals surface area contributed by atoms with Crippen molar-refractivity contribution < 1.29 is 19.1 Å². The predicted molar refractivity (Wildman–Crippen MR) is 94.0 cm³/mol. The minimum absolute atomic E-state index is 0.0942. The van der Waals surface area contributed by atoms with Crippen LogP contribution in [-0.2, 0) is 9.47 Å². The van der Waals surface area contributed by atoms with Gasteiger partial charge in [-0.15, -0.1) is 0 Å². The first-order valence-electron chi connectivity index (χ1n) is 7.67. The summed E-state index contributed by atoms with van der Waals surface area (Å²) in [5, 5.41) is 0.852. The van der Waals surface area contributed by atoms with E-state index in [4.69, 9.17) is 32.7 Å². The molecule has 0 aromatic heterocycles. The first-order chi connectivity index (χ1) is 12.0. The number of carbonyl (C=O) groups excluding carboxylic acids is 2. The van der Waals surface area contributed by atoms with Crippen molar-refractivity contribution in [3.8, 4) is 0 Å². The van der Waals surface area contributed by atoms with E-state index in [2.05, 4.69) is 0 Å². The molecule has 1 fully saturated rings. The lowest BCUT2D eigenvalue weighted by molar-refractivity contribution is 0.0477. The molecular formula is C18H15Cl2NO4. The molecule has 5 nitrogen and oxygen atoms in total. The van der Waals surface area contributed by atoms with E-state index >= 15 is 0 Å². The Bertz CT molecular complexity index is 782. The molecule has 1 unspecified atom stereocenters. The number of nitrogens with zero attached hydrogens (tertiary/aromatic N) is 1. The summed E-state index contributed by atoms with van der Waals surface area (Å²) < 4.78 is 10.5. The number of halogens is 2. The Morgan fingerprint density at radius 1 is 1.16 bits per heavy atom. The van der Waals surface area contributed by atoms with Crippen LogP contribution in [0.2, 0.25) is 10.0 Å². The number of amides is 1. The monoisotopic (exact) mass is 379 g/mol. The summed E-state index contributed by atoms with van der Waals surface area (Å²) in [4.78, 5) is 25.3.